The minimum absolute atomic E-state index is 0.222. The first-order chi connectivity index (χ1) is 19.6. The largest absolute Gasteiger partial charge is 0.455 e. The molecule has 6 atom stereocenters. The highest BCUT2D eigenvalue weighted by Crippen LogP contribution is 2.67. The van der Waals surface area contributed by atoms with E-state index in [-0.39, 0.29) is 6.61 Å². The van der Waals surface area contributed by atoms with Crippen molar-refractivity contribution in [2.24, 2.45) is 21.7 Å². The first-order valence-electron chi connectivity index (χ1n) is 14.8. The molecule has 4 bridgehead atoms. The zero-order valence-corrected chi connectivity index (χ0v) is 25.6. The fourth-order valence-corrected chi connectivity index (χ4v) is 7.25. The van der Waals surface area contributed by atoms with Crippen LogP contribution >= 0.6 is 0 Å². The molecule has 9 nitrogen and oxygen atoms in total. The second-order valence-corrected chi connectivity index (χ2v) is 13.8. The van der Waals surface area contributed by atoms with Crippen LogP contribution in [0.1, 0.15) is 79.7 Å². The number of hydrogen-bond donors (Lipinski definition) is 0. The summed E-state index contributed by atoms with van der Waals surface area (Å²) in [6.45, 7) is 13.3. The number of carbonyl (C=O) groups is 4. The van der Waals surface area contributed by atoms with E-state index in [0.717, 1.165) is 5.56 Å². The van der Waals surface area contributed by atoms with Crippen molar-refractivity contribution in [3.63, 3.8) is 0 Å². The average molecular weight is 583 g/mol. The lowest BCUT2D eigenvalue weighted by atomic mass is 9.66. The minimum Gasteiger partial charge on any atom is -0.455 e. The van der Waals surface area contributed by atoms with Crippen molar-refractivity contribution < 1.29 is 42.9 Å². The molecule has 4 aliphatic rings. The monoisotopic (exact) mass is 582 g/mol. The second kappa shape index (κ2) is 9.93. The van der Waals surface area contributed by atoms with Gasteiger partial charge in [0.1, 0.15) is 6.10 Å². The Labute approximate surface area is 247 Å². The fourth-order valence-electron chi connectivity index (χ4n) is 7.25. The van der Waals surface area contributed by atoms with Gasteiger partial charge in [-0.3, -0.25) is 9.59 Å². The molecule has 9 heteroatoms. The highest BCUT2D eigenvalue weighted by atomic mass is 16.6. The molecule has 2 heterocycles. The minimum atomic E-state index is -1.44. The van der Waals surface area contributed by atoms with Gasteiger partial charge < -0.3 is 23.7 Å². The summed E-state index contributed by atoms with van der Waals surface area (Å²) in [5.41, 5.74) is -5.00. The normalized spacial score (nSPS) is 35.1. The van der Waals surface area contributed by atoms with Crippen LogP contribution in [0.5, 0.6) is 0 Å². The van der Waals surface area contributed by atoms with Gasteiger partial charge in [-0.25, -0.2) is 9.59 Å². The van der Waals surface area contributed by atoms with E-state index < -0.39 is 68.9 Å². The SMILES string of the molecule is C[C@@H](OC(=O)[C@]12CC[C@](C)(C(=O)O1)C2(C)C)[C@@H](/C=C\COCc1ccccc1)OC(=O)[C@]12CC[C@](C)(C(=O)O1)C2(C)C. The predicted octanol–water partition coefficient (Wildman–Crippen LogP) is 4.85. The van der Waals surface area contributed by atoms with Crippen LogP contribution in [0.4, 0.5) is 0 Å². The molecule has 0 spiro atoms. The number of carbonyl (C=O) groups excluding carboxylic acids is 4. The molecule has 2 aliphatic heterocycles. The van der Waals surface area contributed by atoms with Crippen LogP contribution in [0.3, 0.4) is 0 Å². The molecular formula is C33H42O9. The van der Waals surface area contributed by atoms with E-state index in [0.29, 0.717) is 32.3 Å². The van der Waals surface area contributed by atoms with Crippen LogP contribution in [-0.2, 0) is 49.5 Å². The van der Waals surface area contributed by atoms with Gasteiger partial charge in [0.25, 0.3) is 0 Å². The predicted molar refractivity (Wildman–Crippen MR) is 151 cm³/mol. The third-order valence-electron chi connectivity index (χ3n) is 11.5. The number of fused-ring (bicyclic) bond motifs is 4. The van der Waals surface area contributed by atoms with Crippen molar-refractivity contribution in [3.8, 4) is 0 Å². The third-order valence-corrected chi connectivity index (χ3v) is 11.5. The molecule has 2 saturated carbocycles. The van der Waals surface area contributed by atoms with Gasteiger partial charge in [0, 0.05) is 10.8 Å². The van der Waals surface area contributed by atoms with Crippen LogP contribution in [-0.4, -0.2) is 53.9 Å². The molecule has 0 N–H and O–H groups in total. The zero-order valence-electron chi connectivity index (χ0n) is 25.6. The number of rotatable bonds is 10. The highest BCUT2D eigenvalue weighted by molar-refractivity contribution is 5.94. The molecule has 0 aromatic heterocycles. The number of benzene rings is 1. The number of esters is 4. The number of ether oxygens (including phenoxy) is 5. The molecular weight excluding hydrogens is 540 g/mol. The summed E-state index contributed by atoms with van der Waals surface area (Å²) in [6, 6.07) is 9.71. The first-order valence-corrected chi connectivity index (χ1v) is 14.8. The van der Waals surface area contributed by atoms with Crippen molar-refractivity contribution in [1.82, 2.24) is 0 Å². The Morgan fingerprint density at radius 1 is 0.810 bits per heavy atom. The van der Waals surface area contributed by atoms with Gasteiger partial charge >= 0.3 is 23.9 Å². The summed E-state index contributed by atoms with van der Waals surface area (Å²) in [5.74, 6) is -2.16. The van der Waals surface area contributed by atoms with Crippen molar-refractivity contribution in [2.45, 2.75) is 104 Å². The van der Waals surface area contributed by atoms with Gasteiger partial charge in [-0.2, -0.15) is 0 Å². The van der Waals surface area contributed by atoms with Gasteiger partial charge in [0.2, 0.25) is 11.2 Å². The van der Waals surface area contributed by atoms with E-state index in [2.05, 4.69) is 0 Å². The van der Waals surface area contributed by atoms with Gasteiger partial charge in [-0.15, -0.1) is 0 Å². The van der Waals surface area contributed by atoms with E-state index in [1.807, 2.05) is 71.9 Å². The average Bonchev–Trinajstić information content (AvgIpc) is 3.40. The third kappa shape index (κ3) is 3.98. The molecule has 4 fully saturated rings. The molecule has 5 rings (SSSR count). The second-order valence-electron chi connectivity index (χ2n) is 13.8. The fraction of sp³-hybridized carbons (Fsp3) is 0.636. The first kappa shape index (κ1) is 30.3. The maximum absolute atomic E-state index is 13.8. The molecule has 1 aromatic carbocycles. The highest BCUT2D eigenvalue weighted by Gasteiger charge is 2.78. The molecule has 0 radical (unpaired) electrons. The van der Waals surface area contributed by atoms with E-state index in [4.69, 9.17) is 23.7 Å². The summed E-state index contributed by atoms with van der Waals surface area (Å²) in [4.78, 5) is 53.0. The smallest absolute Gasteiger partial charge is 0.351 e. The quantitative estimate of drug-likeness (QED) is 0.165. The topological polar surface area (TPSA) is 114 Å². The van der Waals surface area contributed by atoms with Crippen LogP contribution in [0.25, 0.3) is 0 Å². The molecule has 2 saturated heterocycles. The molecule has 0 unspecified atom stereocenters. The van der Waals surface area contributed by atoms with Crippen LogP contribution in [0.2, 0.25) is 0 Å². The molecule has 0 amide bonds. The van der Waals surface area contributed by atoms with Crippen LogP contribution in [0, 0.1) is 21.7 Å². The molecule has 42 heavy (non-hydrogen) atoms. The Morgan fingerprint density at radius 3 is 1.76 bits per heavy atom. The van der Waals surface area contributed by atoms with Gasteiger partial charge in [-0.05, 0) is 58.1 Å². The van der Waals surface area contributed by atoms with Gasteiger partial charge in [-0.1, -0.05) is 64.1 Å². The lowest BCUT2D eigenvalue weighted by Crippen LogP contribution is -2.52. The Morgan fingerprint density at radius 2 is 1.31 bits per heavy atom. The van der Waals surface area contributed by atoms with E-state index >= 15 is 0 Å². The maximum atomic E-state index is 13.8. The lowest BCUT2D eigenvalue weighted by Gasteiger charge is -2.37. The Hall–Kier alpha value is -3.20. The van der Waals surface area contributed by atoms with E-state index in [1.54, 1.807) is 19.1 Å². The van der Waals surface area contributed by atoms with Crippen molar-refractivity contribution >= 4 is 23.9 Å². The summed E-state index contributed by atoms with van der Waals surface area (Å²) in [5, 5.41) is 0. The van der Waals surface area contributed by atoms with Gasteiger partial charge in [0.15, 0.2) is 6.10 Å². The Kier molecular flexibility index (Phi) is 7.16. The van der Waals surface area contributed by atoms with Crippen molar-refractivity contribution in [3.05, 3.63) is 48.0 Å². The van der Waals surface area contributed by atoms with Crippen molar-refractivity contribution in [1.29, 1.82) is 0 Å². The Bertz CT molecular complexity index is 1320. The van der Waals surface area contributed by atoms with Gasteiger partial charge in [0.05, 0.1) is 24.0 Å². The standard InChI is InChI=1S/C33H42O9/c1-21(39-26(36)32-17-15-30(6,24(34)41-32)28(32,2)3)23(14-11-19-38-20-22-12-9-8-10-13-22)40-27(37)33-18-16-31(7,25(35)42-33)29(33,4)5/h8-14,21,23H,15-20H2,1-7H3/b14-11-/t21-,23-,30-,31-,32+,33+/m1/s1. The van der Waals surface area contributed by atoms with Crippen LogP contribution < -0.4 is 0 Å². The summed E-state index contributed by atoms with van der Waals surface area (Å²) >= 11 is 0. The van der Waals surface area contributed by atoms with E-state index in [9.17, 15) is 19.2 Å². The number of hydrogen-bond acceptors (Lipinski definition) is 9. The maximum Gasteiger partial charge on any atom is 0.351 e. The zero-order chi connectivity index (χ0) is 30.8. The summed E-state index contributed by atoms with van der Waals surface area (Å²) < 4.78 is 29.1. The van der Waals surface area contributed by atoms with Crippen molar-refractivity contribution in [2.75, 3.05) is 6.61 Å². The molecule has 1 aromatic rings. The lowest BCUT2D eigenvalue weighted by molar-refractivity contribution is -0.197. The van der Waals surface area contributed by atoms with E-state index in [1.165, 1.54) is 0 Å². The summed E-state index contributed by atoms with van der Waals surface area (Å²) in [7, 11) is 0. The Balaban J connectivity index is 1.34. The molecule has 2 aliphatic carbocycles. The summed E-state index contributed by atoms with van der Waals surface area (Å²) in [6.07, 6.45) is 3.10. The molecule has 228 valence electrons. The van der Waals surface area contributed by atoms with Crippen LogP contribution in [0.15, 0.2) is 42.5 Å².